The van der Waals surface area contributed by atoms with Gasteiger partial charge in [0.1, 0.15) is 12.1 Å². The van der Waals surface area contributed by atoms with Gasteiger partial charge in [0.05, 0.1) is 7.11 Å². The van der Waals surface area contributed by atoms with E-state index in [2.05, 4.69) is 25.2 Å². The van der Waals surface area contributed by atoms with Gasteiger partial charge in [0.2, 0.25) is 0 Å². The Hall–Kier alpha value is -3.23. The lowest BCUT2D eigenvalue weighted by Gasteiger charge is -2.35. The first kappa shape index (κ1) is 16.2. The van der Waals surface area contributed by atoms with Gasteiger partial charge in [0.15, 0.2) is 17.0 Å². The SMILES string of the molecule is COc1cccc(C(=O)N2CCN(c3ncnc4c3nnn4C)CC2)c1. The monoisotopic (exact) mass is 353 g/mol. The Morgan fingerprint density at radius 3 is 2.73 bits per heavy atom. The number of nitrogens with zero attached hydrogens (tertiary/aromatic N) is 7. The molecule has 9 nitrogen and oxygen atoms in total. The zero-order chi connectivity index (χ0) is 18.1. The summed E-state index contributed by atoms with van der Waals surface area (Å²) in [5.74, 6) is 1.45. The molecule has 3 aromatic rings. The first-order valence-corrected chi connectivity index (χ1v) is 8.36. The number of hydrogen-bond donors (Lipinski definition) is 0. The van der Waals surface area contributed by atoms with Crippen LogP contribution in [0, 0.1) is 0 Å². The number of aryl methyl sites for hydroxylation is 1. The third kappa shape index (κ3) is 2.81. The number of ether oxygens (including phenoxy) is 1. The van der Waals surface area contributed by atoms with E-state index in [1.54, 1.807) is 24.9 Å². The highest BCUT2D eigenvalue weighted by atomic mass is 16.5. The fourth-order valence-corrected chi connectivity index (χ4v) is 3.13. The summed E-state index contributed by atoms with van der Waals surface area (Å²) in [7, 11) is 3.40. The van der Waals surface area contributed by atoms with Gasteiger partial charge in [-0.05, 0) is 18.2 Å². The molecule has 26 heavy (non-hydrogen) atoms. The lowest BCUT2D eigenvalue weighted by Crippen LogP contribution is -2.49. The number of rotatable bonds is 3. The minimum Gasteiger partial charge on any atom is -0.497 e. The van der Waals surface area contributed by atoms with E-state index in [-0.39, 0.29) is 5.91 Å². The van der Waals surface area contributed by atoms with Gasteiger partial charge < -0.3 is 14.5 Å². The largest absolute Gasteiger partial charge is 0.497 e. The average Bonchev–Trinajstić information content (AvgIpc) is 3.09. The molecule has 0 N–H and O–H groups in total. The van der Waals surface area contributed by atoms with Crippen LogP contribution in [0.2, 0.25) is 0 Å². The molecule has 0 unspecified atom stereocenters. The maximum Gasteiger partial charge on any atom is 0.254 e. The number of fused-ring (bicyclic) bond motifs is 1. The Kier molecular flexibility index (Phi) is 4.11. The number of benzene rings is 1. The van der Waals surface area contributed by atoms with Crippen LogP contribution in [0.15, 0.2) is 30.6 Å². The molecule has 1 amide bonds. The smallest absolute Gasteiger partial charge is 0.254 e. The molecule has 1 saturated heterocycles. The molecular formula is C17H19N7O2. The quantitative estimate of drug-likeness (QED) is 0.686. The van der Waals surface area contributed by atoms with Crippen LogP contribution in [0.1, 0.15) is 10.4 Å². The Bertz CT molecular complexity index is 947. The van der Waals surface area contributed by atoms with Gasteiger partial charge in [0, 0.05) is 38.8 Å². The second-order valence-electron chi connectivity index (χ2n) is 6.09. The molecule has 9 heteroatoms. The molecule has 2 aromatic heterocycles. The van der Waals surface area contributed by atoms with Gasteiger partial charge in [0.25, 0.3) is 5.91 Å². The van der Waals surface area contributed by atoms with Crippen molar-refractivity contribution in [3.63, 3.8) is 0 Å². The van der Waals surface area contributed by atoms with Crippen LogP contribution in [-0.2, 0) is 7.05 Å². The van der Waals surface area contributed by atoms with Crippen LogP contribution in [0.25, 0.3) is 11.2 Å². The summed E-state index contributed by atoms with van der Waals surface area (Å²) in [5.41, 5.74) is 2.02. The Morgan fingerprint density at radius 2 is 1.96 bits per heavy atom. The molecule has 0 spiro atoms. The number of anilines is 1. The summed E-state index contributed by atoms with van der Waals surface area (Å²) >= 11 is 0. The minimum atomic E-state index is 0.0101. The van der Waals surface area contributed by atoms with E-state index >= 15 is 0 Å². The van der Waals surface area contributed by atoms with E-state index in [4.69, 9.17) is 4.74 Å². The molecule has 0 radical (unpaired) electrons. The highest BCUT2D eigenvalue weighted by molar-refractivity contribution is 5.95. The molecule has 1 aliphatic rings. The number of methoxy groups -OCH3 is 1. The van der Waals surface area contributed by atoms with E-state index in [9.17, 15) is 4.79 Å². The third-order valence-corrected chi connectivity index (χ3v) is 4.55. The summed E-state index contributed by atoms with van der Waals surface area (Å²) in [4.78, 5) is 25.3. The van der Waals surface area contributed by atoms with Crippen molar-refractivity contribution in [3.8, 4) is 5.75 Å². The topological polar surface area (TPSA) is 89.3 Å². The van der Waals surface area contributed by atoms with Crippen molar-refractivity contribution in [2.45, 2.75) is 0 Å². The molecule has 0 saturated carbocycles. The van der Waals surface area contributed by atoms with E-state index < -0.39 is 0 Å². The van der Waals surface area contributed by atoms with Crippen molar-refractivity contribution in [1.82, 2.24) is 29.9 Å². The van der Waals surface area contributed by atoms with E-state index in [1.165, 1.54) is 6.33 Å². The summed E-state index contributed by atoms with van der Waals surface area (Å²) < 4.78 is 6.83. The van der Waals surface area contributed by atoms with E-state index in [0.29, 0.717) is 48.7 Å². The molecule has 1 fully saturated rings. The zero-order valence-corrected chi connectivity index (χ0v) is 14.7. The number of amides is 1. The summed E-state index contributed by atoms with van der Waals surface area (Å²) in [6, 6.07) is 7.23. The first-order valence-electron chi connectivity index (χ1n) is 8.36. The van der Waals surface area contributed by atoms with Crippen LogP contribution in [0.5, 0.6) is 5.75 Å². The van der Waals surface area contributed by atoms with Crippen molar-refractivity contribution >= 4 is 22.9 Å². The van der Waals surface area contributed by atoms with Crippen molar-refractivity contribution in [2.24, 2.45) is 7.05 Å². The zero-order valence-electron chi connectivity index (χ0n) is 14.7. The van der Waals surface area contributed by atoms with E-state index in [1.807, 2.05) is 23.1 Å². The fraction of sp³-hybridized carbons (Fsp3) is 0.353. The molecule has 1 aromatic carbocycles. The second kappa shape index (κ2) is 6.58. The first-order chi connectivity index (χ1) is 12.7. The summed E-state index contributed by atoms with van der Waals surface area (Å²) in [6.45, 7) is 2.58. The van der Waals surface area contributed by atoms with Crippen LogP contribution < -0.4 is 9.64 Å². The molecule has 3 heterocycles. The standard InChI is InChI=1S/C17H19N7O2/c1-22-15-14(20-21-22)16(19-11-18-15)23-6-8-24(9-7-23)17(25)12-4-3-5-13(10-12)26-2/h3-5,10-11H,6-9H2,1-2H3. The molecule has 1 aliphatic heterocycles. The maximum atomic E-state index is 12.7. The number of carbonyl (C=O) groups is 1. The van der Waals surface area contributed by atoms with Crippen LogP contribution in [0.4, 0.5) is 5.82 Å². The Labute approximate surface area is 150 Å². The molecule has 0 atom stereocenters. The van der Waals surface area contributed by atoms with Gasteiger partial charge in [-0.15, -0.1) is 5.10 Å². The molecular weight excluding hydrogens is 334 g/mol. The van der Waals surface area contributed by atoms with Crippen molar-refractivity contribution < 1.29 is 9.53 Å². The number of hydrogen-bond acceptors (Lipinski definition) is 7. The van der Waals surface area contributed by atoms with Gasteiger partial charge in [-0.3, -0.25) is 4.79 Å². The molecule has 0 bridgehead atoms. The summed E-state index contributed by atoms with van der Waals surface area (Å²) in [6.07, 6.45) is 1.52. The molecule has 0 aliphatic carbocycles. The number of aromatic nitrogens is 5. The summed E-state index contributed by atoms with van der Waals surface area (Å²) in [5, 5.41) is 8.18. The second-order valence-corrected chi connectivity index (χ2v) is 6.09. The van der Waals surface area contributed by atoms with Crippen molar-refractivity contribution in [3.05, 3.63) is 36.2 Å². The van der Waals surface area contributed by atoms with Gasteiger partial charge in [-0.25, -0.2) is 14.6 Å². The van der Waals surface area contributed by atoms with Gasteiger partial charge in [-0.2, -0.15) is 0 Å². The van der Waals surface area contributed by atoms with Crippen LogP contribution in [0.3, 0.4) is 0 Å². The maximum absolute atomic E-state index is 12.7. The van der Waals surface area contributed by atoms with Crippen LogP contribution >= 0.6 is 0 Å². The number of piperazine rings is 1. The average molecular weight is 353 g/mol. The lowest BCUT2D eigenvalue weighted by molar-refractivity contribution is 0.0746. The lowest BCUT2D eigenvalue weighted by atomic mass is 10.1. The van der Waals surface area contributed by atoms with Crippen LogP contribution in [-0.4, -0.2) is 69.1 Å². The van der Waals surface area contributed by atoms with Crippen molar-refractivity contribution in [1.29, 1.82) is 0 Å². The molecule has 4 rings (SSSR count). The minimum absolute atomic E-state index is 0.0101. The highest BCUT2D eigenvalue weighted by Gasteiger charge is 2.25. The third-order valence-electron chi connectivity index (χ3n) is 4.55. The molecule has 134 valence electrons. The Balaban J connectivity index is 1.49. The predicted molar refractivity (Wildman–Crippen MR) is 95.2 cm³/mol. The van der Waals surface area contributed by atoms with Gasteiger partial charge in [-0.1, -0.05) is 11.3 Å². The van der Waals surface area contributed by atoms with E-state index in [0.717, 1.165) is 5.82 Å². The fourth-order valence-electron chi connectivity index (χ4n) is 3.13. The van der Waals surface area contributed by atoms with Gasteiger partial charge >= 0.3 is 0 Å². The highest BCUT2D eigenvalue weighted by Crippen LogP contribution is 2.22. The Morgan fingerprint density at radius 1 is 1.15 bits per heavy atom. The number of carbonyl (C=O) groups excluding carboxylic acids is 1. The normalized spacial score (nSPS) is 14.7. The van der Waals surface area contributed by atoms with Crippen molar-refractivity contribution in [2.75, 3.05) is 38.2 Å². The predicted octanol–water partition coefficient (Wildman–Crippen LogP) is 0.729.